The van der Waals surface area contributed by atoms with Gasteiger partial charge in [0, 0.05) is 0 Å². The Labute approximate surface area is 155 Å². The fraction of sp³-hybridized carbons (Fsp3) is 0.316. The van der Waals surface area contributed by atoms with Crippen molar-refractivity contribution in [3.63, 3.8) is 0 Å². The normalized spacial score (nSPS) is 19.2. The van der Waals surface area contributed by atoms with E-state index in [-0.39, 0.29) is 13.2 Å². The summed E-state index contributed by atoms with van der Waals surface area (Å²) in [4.78, 5) is 37.4. The molecule has 2 aromatic heterocycles. The minimum atomic E-state index is -1.03. The number of nitrogens with zero attached hydrogens (tertiary/aromatic N) is 4. The monoisotopic (exact) mass is 366 g/mol. The Hall–Kier alpha value is -3.29. The molecule has 1 fully saturated rings. The van der Waals surface area contributed by atoms with Crippen LogP contribution >= 0.6 is 0 Å². The van der Waals surface area contributed by atoms with Gasteiger partial charge in [-0.1, -0.05) is 30.3 Å². The van der Waals surface area contributed by atoms with Crippen LogP contribution < -0.4 is 0 Å². The molecule has 1 aliphatic heterocycles. The summed E-state index contributed by atoms with van der Waals surface area (Å²) in [5.41, 5.74) is 2.84. The zero-order chi connectivity index (χ0) is 18.8. The van der Waals surface area contributed by atoms with Gasteiger partial charge < -0.3 is 14.0 Å². The first-order valence-electron chi connectivity index (χ1n) is 8.72. The van der Waals surface area contributed by atoms with Gasteiger partial charge in [0.1, 0.15) is 18.5 Å². The van der Waals surface area contributed by atoms with E-state index in [9.17, 15) is 9.59 Å². The summed E-state index contributed by atoms with van der Waals surface area (Å²) < 4.78 is 12.1. The van der Waals surface area contributed by atoms with Gasteiger partial charge in [0.25, 0.3) is 0 Å². The van der Waals surface area contributed by atoms with Crippen LogP contribution in [0, 0.1) is 5.92 Å². The maximum Gasteiger partial charge on any atom is 0.321 e. The molecule has 3 heterocycles. The SMILES string of the molecule is CCOC(=O)[C@@H]1C(=O)OC[C@H]1c1ncnc2c1ncn2Cc1ccccc1. The first kappa shape index (κ1) is 17.1. The molecule has 27 heavy (non-hydrogen) atoms. The zero-order valence-corrected chi connectivity index (χ0v) is 14.7. The number of hydrogen-bond donors (Lipinski definition) is 0. The summed E-state index contributed by atoms with van der Waals surface area (Å²) in [6, 6.07) is 9.95. The molecule has 1 saturated heterocycles. The quantitative estimate of drug-likeness (QED) is 0.501. The van der Waals surface area contributed by atoms with E-state index in [0.717, 1.165) is 5.56 Å². The predicted octanol–water partition coefficient (Wildman–Crippen LogP) is 1.69. The molecule has 4 rings (SSSR count). The second-order valence-electron chi connectivity index (χ2n) is 6.26. The lowest BCUT2D eigenvalue weighted by molar-refractivity contribution is -0.155. The Morgan fingerprint density at radius 2 is 2.07 bits per heavy atom. The van der Waals surface area contributed by atoms with Crippen LogP contribution in [0.25, 0.3) is 11.2 Å². The highest BCUT2D eigenvalue weighted by molar-refractivity contribution is 5.98. The fourth-order valence-electron chi connectivity index (χ4n) is 3.32. The standard InChI is InChI=1S/C19H18N4O4/c1-2-26-18(24)14-13(9-27-19(14)25)15-16-17(21-10-20-15)23(11-22-16)8-12-6-4-3-5-7-12/h3-7,10-11,13-14H,2,8-9H2,1H3/t13-,14-/m1/s1. The van der Waals surface area contributed by atoms with E-state index in [1.165, 1.54) is 6.33 Å². The summed E-state index contributed by atoms with van der Waals surface area (Å²) in [5, 5.41) is 0. The van der Waals surface area contributed by atoms with E-state index < -0.39 is 23.8 Å². The molecular weight excluding hydrogens is 348 g/mol. The van der Waals surface area contributed by atoms with Crippen molar-refractivity contribution in [2.24, 2.45) is 5.92 Å². The minimum absolute atomic E-state index is 0.0694. The topological polar surface area (TPSA) is 96.2 Å². The molecule has 8 nitrogen and oxygen atoms in total. The summed E-state index contributed by atoms with van der Waals surface area (Å²) in [6.07, 6.45) is 3.11. The summed E-state index contributed by atoms with van der Waals surface area (Å²) in [5.74, 6) is -2.75. The molecule has 0 amide bonds. The Morgan fingerprint density at radius 1 is 1.26 bits per heavy atom. The number of cyclic esters (lactones) is 1. The molecule has 1 aromatic carbocycles. The average Bonchev–Trinajstić information content (AvgIpc) is 3.26. The Morgan fingerprint density at radius 3 is 2.85 bits per heavy atom. The highest BCUT2D eigenvalue weighted by atomic mass is 16.6. The number of aromatic nitrogens is 4. The van der Waals surface area contributed by atoms with Crippen LogP contribution in [0.1, 0.15) is 24.1 Å². The average molecular weight is 366 g/mol. The summed E-state index contributed by atoms with van der Waals surface area (Å²) in [7, 11) is 0. The molecule has 0 N–H and O–H groups in total. The predicted molar refractivity (Wildman–Crippen MR) is 94.7 cm³/mol. The van der Waals surface area contributed by atoms with Crippen molar-refractivity contribution in [3.8, 4) is 0 Å². The number of imidazole rings is 1. The van der Waals surface area contributed by atoms with E-state index >= 15 is 0 Å². The number of fused-ring (bicyclic) bond motifs is 1. The zero-order valence-electron chi connectivity index (χ0n) is 14.7. The molecular formula is C19H18N4O4. The van der Waals surface area contributed by atoms with Crippen molar-refractivity contribution in [3.05, 3.63) is 54.2 Å². The smallest absolute Gasteiger partial charge is 0.321 e. The summed E-state index contributed by atoms with van der Waals surface area (Å²) >= 11 is 0. The molecule has 3 aromatic rings. The van der Waals surface area contributed by atoms with Gasteiger partial charge in [-0.15, -0.1) is 0 Å². The van der Waals surface area contributed by atoms with Crippen LogP contribution in [0.15, 0.2) is 43.0 Å². The Bertz CT molecular complexity index is 986. The van der Waals surface area contributed by atoms with Gasteiger partial charge in [-0.2, -0.15) is 0 Å². The van der Waals surface area contributed by atoms with Crippen LogP contribution in [-0.4, -0.2) is 44.7 Å². The van der Waals surface area contributed by atoms with Crippen molar-refractivity contribution in [2.75, 3.05) is 13.2 Å². The molecule has 0 bridgehead atoms. The first-order chi connectivity index (χ1) is 13.2. The van der Waals surface area contributed by atoms with Crippen molar-refractivity contribution in [1.82, 2.24) is 19.5 Å². The van der Waals surface area contributed by atoms with Gasteiger partial charge in [-0.25, -0.2) is 15.0 Å². The number of carbonyl (C=O) groups excluding carboxylic acids is 2. The Balaban J connectivity index is 1.70. The molecule has 1 aliphatic rings. The third-order valence-corrected chi connectivity index (χ3v) is 4.58. The number of carbonyl (C=O) groups is 2. The lowest BCUT2D eigenvalue weighted by Crippen LogP contribution is -2.27. The van der Waals surface area contributed by atoms with E-state index in [1.54, 1.807) is 13.3 Å². The van der Waals surface area contributed by atoms with E-state index in [0.29, 0.717) is 23.4 Å². The van der Waals surface area contributed by atoms with Crippen molar-refractivity contribution in [2.45, 2.75) is 19.4 Å². The number of esters is 2. The van der Waals surface area contributed by atoms with Crippen LogP contribution in [0.5, 0.6) is 0 Å². The summed E-state index contributed by atoms with van der Waals surface area (Å²) in [6.45, 7) is 2.57. The lowest BCUT2D eigenvalue weighted by atomic mass is 9.91. The second-order valence-corrected chi connectivity index (χ2v) is 6.26. The third kappa shape index (κ3) is 3.14. The van der Waals surface area contributed by atoms with Gasteiger partial charge in [-0.05, 0) is 12.5 Å². The van der Waals surface area contributed by atoms with Crippen molar-refractivity contribution in [1.29, 1.82) is 0 Å². The van der Waals surface area contributed by atoms with Gasteiger partial charge in [0.15, 0.2) is 11.6 Å². The second kappa shape index (κ2) is 7.14. The van der Waals surface area contributed by atoms with Gasteiger partial charge in [-0.3, -0.25) is 9.59 Å². The largest absolute Gasteiger partial charge is 0.465 e. The van der Waals surface area contributed by atoms with Crippen LogP contribution in [0.2, 0.25) is 0 Å². The van der Waals surface area contributed by atoms with Crippen molar-refractivity contribution >= 4 is 23.1 Å². The highest BCUT2D eigenvalue weighted by Crippen LogP contribution is 2.34. The molecule has 0 saturated carbocycles. The van der Waals surface area contributed by atoms with E-state index in [4.69, 9.17) is 9.47 Å². The highest BCUT2D eigenvalue weighted by Gasteiger charge is 2.46. The first-order valence-corrected chi connectivity index (χ1v) is 8.72. The van der Waals surface area contributed by atoms with E-state index in [1.807, 2.05) is 34.9 Å². The fourth-order valence-corrected chi connectivity index (χ4v) is 3.32. The number of benzene rings is 1. The molecule has 8 heteroatoms. The maximum atomic E-state index is 12.2. The molecule has 0 aliphatic carbocycles. The number of ether oxygens (including phenoxy) is 2. The van der Waals surface area contributed by atoms with Crippen LogP contribution in [0.3, 0.4) is 0 Å². The molecule has 0 unspecified atom stereocenters. The minimum Gasteiger partial charge on any atom is -0.465 e. The molecule has 138 valence electrons. The number of hydrogen-bond acceptors (Lipinski definition) is 7. The maximum absolute atomic E-state index is 12.2. The molecule has 0 spiro atoms. The molecule has 0 radical (unpaired) electrons. The van der Waals surface area contributed by atoms with Gasteiger partial charge in [0.2, 0.25) is 0 Å². The lowest BCUT2D eigenvalue weighted by Gasteiger charge is -2.13. The Kier molecular flexibility index (Phi) is 4.53. The van der Waals surface area contributed by atoms with Crippen LogP contribution in [0.4, 0.5) is 0 Å². The van der Waals surface area contributed by atoms with Crippen molar-refractivity contribution < 1.29 is 19.1 Å². The van der Waals surface area contributed by atoms with Gasteiger partial charge in [0.05, 0.1) is 31.1 Å². The number of rotatable bonds is 5. The van der Waals surface area contributed by atoms with Crippen LogP contribution in [-0.2, 0) is 25.6 Å². The van der Waals surface area contributed by atoms with E-state index in [2.05, 4.69) is 15.0 Å². The molecule has 2 atom stereocenters. The third-order valence-electron chi connectivity index (χ3n) is 4.58. The van der Waals surface area contributed by atoms with Gasteiger partial charge >= 0.3 is 11.9 Å².